The van der Waals surface area contributed by atoms with Gasteiger partial charge in [-0.1, -0.05) is 0 Å². The molecule has 3 aliphatic heterocycles. The summed E-state index contributed by atoms with van der Waals surface area (Å²) < 4.78 is 6.78. The third-order valence-electron chi connectivity index (χ3n) is 4.54. The van der Waals surface area contributed by atoms with Crippen LogP contribution in [0.3, 0.4) is 0 Å². The van der Waals surface area contributed by atoms with E-state index in [0.717, 1.165) is 17.3 Å². The van der Waals surface area contributed by atoms with Crippen LogP contribution in [0.15, 0.2) is 0 Å². The molecule has 4 unspecified atom stereocenters. The standard InChI is InChI=1S/C10H18NO2/c1-3-11(2)7-4-6(12)5-8(11)10-9(7)13-10/h6-10,12H,3-5H2,1-2H3/q+1. The first kappa shape index (κ1) is 8.21. The van der Waals surface area contributed by atoms with Crippen molar-refractivity contribution in [2.24, 2.45) is 0 Å². The zero-order valence-corrected chi connectivity index (χ0v) is 8.31. The fourth-order valence-electron chi connectivity index (χ4n) is 3.55. The number of ether oxygens (including phenoxy) is 1. The number of piperidine rings is 1. The second-order valence-corrected chi connectivity index (χ2v) is 4.99. The second-order valence-electron chi connectivity index (χ2n) is 4.99. The Kier molecular flexibility index (Phi) is 1.43. The van der Waals surface area contributed by atoms with Crippen molar-refractivity contribution >= 4 is 0 Å². The zero-order chi connectivity index (χ0) is 9.22. The van der Waals surface area contributed by atoms with Crippen LogP contribution in [0.5, 0.6) is 0 Å². The van der Waals surface area contributed by atoms with Crippen LogP contribution in [0.1, 0.15) is 19.8 Å². The van der Waals surface area contributed by atoms with Crippen molar-refractivity contribution in [2.75, 3.05) is 13.6 Å². The molecule has 0 aliphatic carbocycles. The largest absolute Gasteiger partial charge is 0.393 e. The maximum Gasteiger partial charge on any atom is 0.142 e. The van der Waals surface area contributed by atoms with Crippen molar-refractivity contribution in [2.45, 2.75) is 50.2 Å². The molecule has 3 fully saturated rings. The number of likely N-dealkylation sites (N-methyl/N-ethyl adjacent to an activating group) is 1. The van der Waals surface area contributed by atoms with Gasteiger partial charge in [0.2, 0.25) is 0 Å². The number of epoxide rings is 1. The van der Waals surface area contributed by atoms with Gasteiger partial charge >= 0.3 is 0 Å². The lowest BCUT2D eigenvalue weighted by Gasteiger charge is -2.47. The molecule has 0 amide bonds. The van der Waals surface area contributed by atoms with Gasteiger partial charge in [-0.2, -0.15) is 0 Å². The Labute approximate surface area is 78.9 Å². The molecule has 74 valence electrons. The zero-order valence-electron chi connectivity index (χ0n) is 8.31. The Morgan fingerprint density at radius 1 is 1.31 bits per heavy atom. The van der Waals surface area contributed by atoms with Crippen LogP contribution in [0.4, 0.5) is 0 Å². The summed E-state index contributed by atoms with van der Waals surface area (Å²) in [5.41, 5.74) is 0. The van der Waals surface area contributed by atoms with Crippen LogP contribution in [-0.4, -0.2) is 53.6 Å². The summed E-state index contributed by atoms with van der Waals surface area (Å²) in [5.74, 6) is 0. The Morgan fingerprint density at radius 2 is 1.85 bits per heavy atom. The van der Waals surface area contributed by atoms with Gasteiger partial charge in [0.1, 0.15) is 24.3 Å². The average Bonchev–Trinajstić information content (AvgIpc) is 2.83. The number of nitrogens with zero attached hydrogens (tertiary/aromatic N) is 1. The lowest BCUT2D eigenvalue weighted by Crippen LogP contribution is -2.61. The molecule has 3 saturated heterocycles. The molecule has 3 aliphatic rings. The minimum Gasteiger partial charge on any atom is -0.393 e. The van der Waals surface area contributed by atoms with Gasteiger partial charge in [0.05, 0.1) is 19.7 Å². The highest BCUT2D eigenvalue weighted by Crippen LogP contribution is 2.51. The van der Waals surface area contributed by atoms with E-state index in [1.54, 1.807) is 0 Å². The van der Waals surface area contributed by atoms with Crippen LogP contribution in [0.25, 0.3) is 0 Å². The van der Waals surface area contributed by atoms with Crippen LogP contribution in [0.2, 0.25) is 0 Å². The van der Waals surface area contributed by atoms with Crippen LogP contribution >= 0.6 is 0 Å². The first-order chi connectivity index (χ1) is 6.16. The van der Waals surface area contributed by atoms with Crippen LogP contribution in [0, 0.1) is 0 Å². The number of aliphatic hydroxyl groups excluding tert-OH is 1. The maximum absolute atomic E-state index is 9.69. The average molecular weight is 184 g/mol. The van der Waals surface area contributed by atoms with Crippen molar-refractivity contribution < 1.29 is 14.3 Å². The molecular weight excluding hydrogens is 166 g/mol. The lowest BCUT2D eigenvalue weighted by atomic mass is 9.96. The Bertz CT molecular complexity index is 225. The molecule has 0 radical (unpaired) electrons. The third-order valence-corrected chi connectivity index (χ3v) is 4.54. The van der Waals surface area contributed by atoms with E-state index in [1.165, 1.54) is 6.54 Å². The van der Waals surface area contributed by atoms with Gasteiger partial charge in [-0.3, -0.25) is 0 Å². The number of aliphatic hydroxyl groups is 1. The summed E-state index contributed by atoms with van der Waals surface area (Å²) in [4.78, 5) is 0. The van der Waals surface area contributed by atoms with Gasteiger partial charge in [-0.15, -0.1) is 0 Å². The number of hydrogen-bond acceptors (Lipinski definition) is 2. The molecule has 0 aromatic heterocycles. The fourth-order valence-corrected chi connectivity index (χ4v) is 3.55. The topological polar surface area (TPSA) is 32.8 Å². The fraction of sp³-hybridized carbons (Fsp3) is 1.00. The normalized spacial score (nSPS) is 63.5. The van der Waals surface area contributed by atoms with E-state index < -0.39 is 0 Å². The monoisotopic (exact) mass is 184 g/mol. The molecule has 4 atom stereocenters. The molecule has 0 saturated carbocycles. The van der Waals surface area contributed by atoms with Crippen LogP contribution < -0.4 is 0 Å². The molecule has 3 nitrogen and oxygen atoms in total. The highest BCUT2D eigenvalue weighted by Gasteiger charge is 2.70. The number of rotatable bonds is 1. The van der Waals surface area contributed by atoms with Gasteiger partial charge in [0.15, 0.2) is 0 Å². The molecule has 3 rings (SSSR count). The molecule has 0 spiro atoms. The smallest absolute Gasteiger partial charge is 0.142 e. The van der Waals surface area contributed by atoms with Gasteiger partial charge < -0.3 is 14.3 Å². The molecule has 3 heterocycles. The van der Waals surface area contributed by atoms with Crippen molar-refractivity contribution in [3.63, 3.8) is 0 Å². The minimum atomic E-state index is -0.0656. The Balaban J connectivity index is 1.94. The molecule has 0 aromatic rings. The lowest BCUT2D eigenvalue weighted by molar-refractivity contribution is -0.954. The van der Waals surface area contributed by atoms with Crippen molar-refractivity contribution in [1.82, 2.24) is 0 Å². The summed E-state index contributed by atoms with van der Waals surface area (Å²) in [5, 5.41) is 9.69. The minimum absolute atomic E-state index is 0.0656. The predicted octanol–water partition coefficient (Wildman–Crippen LogP) is 0.126. The number of morpholine rings is 1. The Morgan fingerprint density at radius 3 is 2.31 bits per heavy atom. The molecule has 13 heavy (non-hydrogen) atoms. The van der Waals surface area contributed by atoms with E-state index in [1.807, 2.05) is 0 Å². The molecule has 0 aromatic carbocycles. The quantitative estimate of drug-likeness (QED) is 0.464. The first-order valence-electron chi connectivity index (χ1n) is 5.35. The summed E-state index contributed by atoms with van der Waals surface area (Å²) in [6.07, 6.45) is 2.78. The van der Waals surface area contributed by atoms with Gasteiger partial charge in [0, 0.05) is 12.8 Å². The molecule has 1 N–H and O–H groups in total. The maximum atomic E-state index is 9.69. The summed E-state index contributed by atoms with van der Waals surface area (Å²) >= 11 is 0. The van der Waals surface area contributed by atoms with Crippen molar-refractivity contribution in [3.05, 3.63) is 0 Å². The SMILES string of the molecule is CC[N+]1(C)C2CC(O)CC1C1OC12. The van der Waals surface area contributed by atoms with Crippen LogP contribution in [-0.2, 0) is 4.74 Å². The summed E-state index contributed by atoms with van der Waals surface area (Å²) in [6, 6.07) is 1.15. The number of hydrogen-bond donors (Lipinski definition) is 1. The predicted molar refractivity (Wildman–Crippen MR) is 48.2 cm³/mol. The van der Waals surface area contributed by atoms with Crippen molar-refractivity contribution in [1.29, 1.82) is 0 Å². The third kappa shape index (κ3) is 0.853. The Hall–Kier alpha value is -0.120. The van der Waals surface area contributed by atoms with E-state index in [2.05, 4.69) is 14.0 Å². The summed E-state index contributed by atoms with van der Waals surface area (Å²) in [7, 11) is 2.33. The van der Waals surface area contributed by atoms with E-state index in [4.69, 9.17) is 4.74 Å². The van der Waals surface area contributed by atoms with Gasteiger partial charge in [-0.05, 0) is 6.92 Å². The van der Waals surface area contributed by atoms with E-state index in [9.17, 15) is 5.11 Å². The molecular formula is C10H18NO2+. The molecule has 3 heteroatoms. The van der Waals surface area contributed by atoms with E-state index in [0.29, 0.717) is 24.3 Å². The number of fused-ring (bicyclic) bond motifs is 5. The second kappa shape index (κ2) is 2.27. The van der Waals surface area contributed by atoms with Crippen molar-refractivity contribution in [3.8, 4) is 0 Å². The van der Waals surface area contributed by atoms with E-state index >= 15 is 0 Å². The molecule has 2 bridgehead atoms. The van der Waals surface area contributed by atoms with Gasteiger partial charge in [-0.25, -0.2) is 0 Å². The highest BCUT2D eigenvalue weighted by molar-refractivity contribution is 5.07. The summed E-state index contributed by atoms with van der Waals surface area (Å²) in [6.45, 7) is 3.43. The van der Waals surface area contributed by atoms with E-state index in [-0.39, 0.29) is 6.10 Å². The highest BCUT2D eigenvalue weighted by atomic mass is 16.6. The number of quaternary nitrogens is 1. The van der Waals surface area contributed by atoms with Gasteiger partial charge in [0.25, 0.3) is 0 Å². The first-order valence-corrected chi connectivity index (χ1v) is 5.35.